The Hall–Kier alpha value is -2.94. The first-order chi connectivity index (χ1) is 10.9. The maximum Gasteiger partial charge on any atom is 0.328 e. The minimum Gasteiger partial charge on any atom is -0.480 e. The van der Waals surface area contributed by atoms with Crippen molar-refractivity contribution in [2.75, 3.05) is 13.7 Å². The van der Waals surface area contributed by atoms with E-state index in [0.717, 1.165) is 0 Å². The molecule has 1 amide bonds. The predicted octanol–water partition coefficient (Wildman–Crippen LogP) is 0.834. The largest absolute Gasteiger partial charge is 0.480 e. The normalized spacial score (nSPS) is 12.0. The van der Waals surface area contributed by atoms with Crippen LogP contribution >= 0.6 is 0 Å². The average Bonchev–Trinajstić information content (AvgIpc) is 2.89. The van der Waals surface area contributed by atoms with Gasteiger partial charge in [-0.1, -0.05) is 0 Å². The van der Waals surface area contributed by atoms with Crippen LogP contribution in [0.25, 0.3) is 10.9 Å². The summed E-state index contributed by atoms with van der Waals surface area (Å²) in [7, 11) is 1.33. The minimum absolute atomic E-state index is 0.0819. The molecule has 1 atom stereocenters. The second kappa shape index (κ2) is 6.88. The van der Waals surface area contributed by atoms with E-state index < -0.39 is 22.8 Å². The fourth-order valence-electron chi connectivity index (χ4n) is 2.19. The van der Waals surface area contributed by atoms with Gasteiger partial charge in [0.1, 0.15) is 0 Å². The zero-order valence-corrected chi connectivity index (χ0v) is 12.2. The lowest BCUT2D eigenvalue weighted by atomic mass is 10.1. The van der Waals surface area contributed by atoms with Crippen molar-refractivity contribution in [3.8, 4) is 0 Å². The van der Waals surface area contributed by atoms with Crippen molar-refractivity contribution in [3.63, 3.8) is 0 Å². The molecule has 9 heteroatoms. The zero-order valence-electron chi connectivity index (χ0n) is 12.2. The smallest absolute Gasteiger partial charge is 0.328 e. The van der Waals surface area contributed by atoms with Gasteiger partial charge in [-0.25, -0.2) is 4.79 Å². The van der Waals surface area contributed by atoms with Gasteiger partial charge in [0.25, 0.3) is 5.69 Å². The third kappa shape index (κ3) is 3.83. The number of rotatable bonds is 7. The number of hydrogen-bond acceptors (Lipinski definition) is 5. The van der Waals surface area contributed by atoms with Gasteiger partial charge in [0.15, 0.2) is 6.04 Å². The lowest BCUT2D eigenvalue weighted by Crippen LogP contribution is -2.44. The fraction of sp³-hybridized carbons (Fsp3) is 0.286. The molecule has 0 aliphatic heterocycles. The van der Waals surface area contributed by atoms with Crippen LogP contribution < -0.4 is 5.32 Å². The molecule has 0 aliphatic rings. The Morgan fingerprint density at radius 2 is 2.22 bits per heavy atom. The highest BCUT2D eigenvalue weighted by Gasteiger charge is 2.20. The number of hydrogen-bond donors (Lipinski definition) is 3. The highest BCUT2D eigenvalue weighted by Crippen LogP contribution is 2.24. The number of nitrogens with one attached hydrogen (secondary N) is 2. The van der Waals surface area contributed by atoms with Crippen molar-refractivity contribution in [3.05, 3.63) is 40.1 Å². The van der Waals surface area contributed by atoms with Crippen molar-refractivity contribution in [2.24, 2.45) is 0 Å². The number of ether oxygens (including phenoxy) is 1. The fourth-order valence-corrected chi connectivity index (χ4v) is 2.19. The Bertz CT molecular complexity index is 754. The maximum atomic E-state index is 12.0. The Labute approximate surface area is 130 Å². The first kappa shape index (κ1) is 16.4. The molecule has 0 saturated heterocycles. The lowest BCUT2D eigenvalue weighted by molar-refractivity contribution is -0.384. The minimum atomic E-state index is -1.20. The van der Waals surface area contributed by atoms with E-state index >= 15 is 0 Å². The van der Waals surface area contributed by atoms with Crippen molar-refractivity contribution < 1.29 is 24.4 Å². The highest BCUT2D eigenvalue weighted by molar-refractivity contribution is 5.91. The molecule has 1 aromatic heterocycles. The van der Waals surface area contributed by atoms with E-state index in [1.807, 2.05) is 0 Å². The second-order valence-corrected chi connectivity index (χ2v) is 4.89. The summed E-state index contributed by atoms with van der Waals surface area (Å²) in [5.74, 6) is -1.71. The molecule has 122 valence electrons. The zero-order chi connectivity index (χ0) is 17.0. The van der Waals surface area contributed by atoms with Gasteiger partial charge in [0, 0.05) is 36.3 Å². The van der Waals surface area contributed by atoms with Crippen LogP contribution in [0.4, 0.5) is 5.69 Å². The van der Waals surface area contributed by atoms with Gasteiger partial charge in [0.2, 0.25) is 5.91 Å². The molecule has 23 heavy (non-hydrogen) atoms. The third-order valence-corrected chi connectivity index (χ3v) is 3.28. The van der Waals surface area contributed by atoms with E-state index in [1.165, 1.54) is 19.2 Å². The molecular weight excluding hydrogens is 306 g/mol. The molecule has 1 aromatic carbocycles. The molecule has 1 unspecified atom stereocenters. The molecule has 0 spiro atoms. The number of fused-ring (bicyclic) bond motifs is 1. The van der Waals surface area contributed by atoms with Crippen LogP contribution in [-0.2, 0) is 20.7 Å². The number of amides is 1. The number of methoxy groups -OCH3 is 1. The number of carbonyl (C=O) groups is 2. The monoisotopic (exact) mass is 321 g/mol. The number of aromatic amines is 1. The van der Waals surface area contributed by atoms with Gasteiger partial charge < -0.3 is 20.1 Å². The van der Waals surface area contributed by atoms with Crippen molar-refractivity contribution in [1.29, 1.82) is 0 Å². The number of nitro groups is 1. The number of non-ortho nitro benzene ring substituents is 1. The first-order valence-corrected chi connectivity index (χ1v) is 6.68. The number of nitrogens with zero attached hydrogens (tertiary/aromatic N) is 1. The van der Waals surface area contributed by atoms with Gasteiger partial charge in [-0.15, -0.1) is 0 Å². The van der Waals surface area contributed by atoms with Crippen LogP contribution in [0, 0.1) is 10.1 Å². The summed E-state index contributed by atoms with van der Waals surface area (Å²) in [5, 5.41) is 22.7. The van der Waals surface area contributed by atoms with Crippen LogP contribution in [-0.4, -0.2) is 46.6 Å². The van der Waals surface area contributed by atoms with Crippen LogP contribution in [0.5, 0.6) is 0 Å². The number of nitro benzene ring substituents is 1. The van der Waals surface area contributed by atoms with Gasteiger partial charge >= 0.3 is 5.97 Å². The SMILES string of the molecule is COCC(NC(=O)Cc1c[nH]c2ccc([N+](=O)[O-])cc12)C(=O)O. The van der Waals surface area contributed by atoms with Gasteiger partial charge in [-0.05, 0) is 11.6 Å². The number of carboxylic acids is 1. The lowest BCUT2D eigenvalue weighted by Gasteiger charge is -2.13. The van der Waals surface area contributed by atoms with Crippen LogP contribution in [0.15, 0.2) is 24.4 Å². The molecule has 3 N–H and O–H groups in total. The Morgan fingerprint density at radius 3 is 2.83 bits per heavy atom. The molecule has 0 aliphatic carbocycles. The van der Waals surface area contributed by atoms with E-state index in [1.54, 1.807) is 12.3 Å². The summed E-state index contributed by atoms with van der Waals surface area (Å²) in [5.41, 5.74) is 1.12. The number of carbonyl (C=O) groups excluding carboxylic acids is 1. The Morgan fingerprint density at radius 1 is 1.48 bits per heavy atom. The molecule has 2 rings (SSSR count). The predicted molar refractivity (Wildman–Crippen MR) is 80.1 cm³/mol. The van der Waals surface area contributed by atoms with Crippen LogP contribution in [0.2, 0.25) is 0 Å². The molecular formula is C14H15N3O6. The summed E-state index contributed by atoms with van der Waals surface area (Å²) in [4.78, 5) is 36.2. The molecule has 0 radical (unpaired) electrons. The molecule has 0 bridgehead atoms. The molecule has 1 heterocycles. The Kier molecular flexibility index (Phi) is 4.91. The topological polar surface area (TPSA) is 135 Å². The highest BCUT2D eigenvalue weighted by atomic mass is 16.6. The van der Waals surface area contributed by atoms with Gasteiger partial charge in [-0.2, -0.15) is 0 Å². The molecule has 9 nitrogen and oxygen atoms in total. The van der Waals surface area contributed by atoms with Crippen LogP contribution in [0.3, 0.4) is 0 Å². The summed E-state index contributed by atoms with van der Waals surface area (Å²) in [6.45, 7) is -0.152. The van der Waals surface area contributed by atoms with E-state index in [0.29, 0.717) is 16.5 Å². The second-order valence-electron chi connectivity index (χ2n) is 4.89. The summed E-state index contributed by atoms with van der Waals surface area (Å²) >= 11 is 0. The van der Waals surface area contributed by atoms with Crippen molar-refractivity contribution in [2.45, 2.75) is 12.5 Å². The number of aliphatic carboxylic acids is 1. The summed E-state index contributed by atoms with van der Waals surface area (Å²) < 4.78 is 4.74. The number of carboxylic acid groups (broad SMARTS) is 1. The standard InChI is InChI=1S/C14H15N3O6/c1-23-7-12(14(19)20)16-13(18)4-8-6-15-11-3-2-9(17(21)22)5-10(8)11/h2-3,5-6,12,15H,4,7H2,1H3,(H,16,18)(H,19,20). The van der Waals surface area contributed by atoms with E-state index in [4.69, 9.17) is 9.84 Å². The molecule has 0 fully saturated rings. The average molecular weight is 321 g/mol. The van der Waals surface area contributed by atoms with E-state index in [9.17, 15) is 19.7 Å². The van der Waals surface area contributed by atoms with Crippen LogP contribution in [0.1, 0.15) is 5.56 Å². The van der Waals surface area contributed by atoms with Gasteiger partial charge in [0.05, 0.1) is 18.0 Å². The molecule has 0 saturated carbocycles. The Balaban J connectivity index is 2.17. The first-order valence-electron chi connectivity index (χ1n) is 6.68. The van der Waals surface area contributed by atoms with Crippen molar-refractivity contribution in [1.82, 2.24) is 10.3 Å². The summed E-state index contributed by atoms with van der Waals surface area (Å²) in [6.07, 6.45) is 1.47. The summed E-state index contributed by atoms with van der Waals surface area (Å²) in [6, 6.07) is 3.15. The van der Waals surface area contributed by atoms with Crippen molar-refractivity contribution >= 4 is 28.5 Å². The maximum absolute atomic E-state index is 12.0. The number of H-pyrrole nitrogens is 1. The third-order valence-electron chi connectivity index (χ3n) is 3.28. The molecule has 2 aromatic rings. The number of benzene rings is 1. The quantitative estimate of drug-likeness (QED) is 0.511. The number of aromatic nitrogens is 1. The van der Waals surface area contributed by atoms with E-state index in [2.05, 4.69) is 10.3 Å². The van der Waals surface area contributed by atoms with E-state index in [-0.39, 0.29) is 18.7 Å². The van der Waals surface area contributed by atoms with Gasteiger partial charge in [-0.3, -0.25) is 14.9 Å².